The lowest BCUT2D eigenvalue weighted by Crippen LogP contribution is -2.36. The van der Waals surface area contributed by atoms with Crippen molar-refractivity contribution in [1.82, 2.24) is 10.2 Å². The molecule has 1 aliphatic heterocycles. The normalized spacial score (nSPS) is 22.6. The van der Waals surface area contributed by atoms with Crippen LogP contribution in [-0.2, 0) is 4.79 Å². The molecule has 14 heavy (non-hydrogen) atoms. The smallest absolute Gasteiger partial charge is 0.220 e. The van der Waals surface area contributed by atoms with Crippen molar-refractivity contribution < 1.29 is 4.79 Å². The molecule has 0 spiro atoms. The highest BCUT2D eigenvalue weighted by Gasteiger charge is 2.22. The standard InChI is InChI=1S/C11H22N2O/c1-3-5-11(14)12-10-6-8-13(9-10)7-4-2/h10H,3-9H2,1-2H3,(H,12,14). The number of hydrogen-bond donors (Lipinski definition) is 1. The van der Waals surface area contributed by atoms with E-state index < -0.39 is 0 Å². The zero-order valence-corrected chi connectivity index (χ0v) is 9.38. The maximum absolute atomic E-state index is 11.3. The fraction of sp³-hybridized carbons (Fsp3) is 0.909. The summed E-state index contributed by atoms with van der Waals surface area (Å²) in [4.78, 5) is 13.8. The Morgan fingerprint density at radius 2 is 2.21 bits per heavy atom. The summed E-state index contributed by atoms with van der Waals surface area (Å²) < 4.78 is 0. The van der Waals surface area contributed by atoms with Crippen molar-refractivity contribution in [3.8, 4) is 0 Å². The third kappa shape index (κ3) is 3.66. The minimum atomic E-state index is 0.218. The third-order valence-electron chi connectivity index (χ3n) is 2.65. The van der Waals surface area contributed by atoms with Crippen LogP contribution in [0.1, 0.15) is 39.5 Å². The average Bonchev–Trinajstić information content (AvgIpc) is 2.53. The molecule has 82 valence electrons. The lowest BCUT2D eigenvalue weighted by atomic mass is 10.2. The van der Waals surface area contributed by atoms with E-state index in [0.717, 1.165) is 25.9 Å². The number of carbonyl (C=O) groups is 1. The highest BCUT2D eigenvalue weighted by atomic mass is 16.1. The Kier molecular flexibility index (Phi) is 4.94. The molecule has 1 aliphatic rings. The maximum atomic E-state index is 11.3. The van der Waals surface area contributed by atoms with Crippen molar-refractivity contribution in [3.05, 3.63) is 0 Å². The molecule has 0 bridgehead atoms. The SMILES string of the molecule is CCCC(=O)NC1CCN(CCC)C1. The number of hydrogen-bond acceptors (Lipinski definition) is 2. The Morgan fingerprint density at radius 3 is 2.86 bits per heavy atom. The molecule has 1 fully saturated rings. The molecule has 1 N–H and O–H groups in total. The first-order chi connectivity index (χ1) is 6.76. The van der Waals surface area contributed by atoms with Gasteiger partial charge in [0.1, 0.15) is 0 Å². The van der Waals surface area contributed by atoms with Crippen LogP contribution in [0.25, 0.3) is 0 Å². The second-order valence-electron chi connectivity index (χ2n) is 4.10. The largest absolute Gasteiger partial charge is 0.352 e. The summed E-state index contributed by atoms with van der Waals surface area (Å²) in [5.74, 6) is 0.218. The van der Waals surface area contributed by atoms with Crippen LogP contribution in [0.4, 0.5) is 0 Å². The van der Waals surface area contributed by atoms with Crippen LogP contribution in [0.2, 0.25) is 0 Å². The summed E-state index contributed by atoms with van der Waals surface area (Å²) in [6, 6.07) is 0.403. The van der Waals surface area contributed by atoms with Crippen molar-refractivity contribution in [2.45, 2.75) is 45.6 Å². The van der Waals surface area contributed by atoms with Crippen molar-refractivity contribution in [2.75, 3.05) is 19.6 Å². The maximum Gasteiger partial charge on any atom is 0.220 e. The van der Waals surface area contributed by atoms with E-state index in [1.54, 1.807) is 0 Å². The van der Waals surface area contributed by atoms with Crippen LogP contribution in [0.15, 0.2) is 0 Å². The number of rotatable bonds is 5. The summed E-state index contributed by atoms with van der Waals surface area (Å²) in [6.07, 6.45) is 3.94. The third-order valence-corrected chi connectivity index (χ3v) is 2.65. The predicted molar refractivity (Wildman–Crippen MR) is 58.2 cm³/mol. The molecule has 1 unspecified atom stereocenters. The summed E-state index contributed by atoms with van der Waals surface area (Å²) in [5, 5.41) is 3.09. The average molecular weight is 198 g/mol. The topological polar surface area (TPSA) is 32.3 Å². The van der Waals surface area contributed by atoms with E-state index in [0.29, 0.717) is 12.5 Å². The summed E-state index contributed by atoms with van der Waals surface area (Å²) >= 11 is 0. The summed E-state index contributed by atoms with van der Waals surface area (Å²) in [7, 11) is 0. The van der Waals surface area contributed by atoms with Gasteiger partial charge in [0.05, 0.1) is 0 Å². The van der Waals surface area contributed by atoms with E-state index >= 15 is 0 Å². The Labute approximate surface area is 86.9 Å². The minimum absolute atomic E-state index is 0.218. The fourth-order valence-corrected chi connectivity index (χ4v) is 2.00. The van der Waals surface area contributed by atoms with E-state index in [2.05, 4.69) is 17.1 Å². The lowest BCUT2D eigenvalue weighted by molar-refractivity contribution is -0.121. The fourth-order valence-electron chi connectivity index (χ4n) is 2.00. The van der Waals surface area contributed by atoms with Gasteiger partial charge in [0.15, 0.2) is 0 Å². The van der Waals surface area contributed by atoms with Crippen LogP contribution in [0.5, 0.6) is 0 Å². The van der Waals surface area contributed by atoms with E-state index in [9.17, 15) is 4.79 Å². The van der Waals surface area contributed by atoms with Crippen LogP contribution in [-0.4, -0.2) is 36.5 Å². The molecule has 0 aromatic carbocycles. The highest BCUT2D eigenvalue weighted by Crippen LogP contribution is 2.09. The van der Waals surface area contributed by atoms with Gasteiger partial charge in [0.25, 0.3) is 0 Å². The molecule has 0 aromatic rings. The van der Waals surface area contributed by atoms with Gasteiger partial charge in [-0.15, -0.1) is 0 Å². The Balaban J connectivity index is 2.18. The molecule has 1 amide bonds. The molecule has 0 saturated carbocycles. The van der Waals surface area contributed by atoms with Crippen LogP contribution in [0.3, 0.4) is 0 Å². The first-order valence-corrected chi connectivity index (χ1v) is 5.78. The zero-order valence-electron chi connectivity index (χ0n) is 9.38. The molecule has 0 aliphatic carbocycles. The Hall–Kier alpha value is -0.570. The van der Waals surface area contributed by atoms with Gasteiger partial charge in [-0.1, -0.05) is 13.8 Å². The molecular weight excluding hydrogens is 176 g/mol. The van der Waals surface area contributed by atoms with Gasteiger partial charge in [-0.3, -0.25) is 4.79 Å². The first-order valence-electron chi connectivity index (χ1n) is 5.78. The molecule has 1 heterocycles. The van der Waals surface area contributed by atoms with Gasteiger partial charge in [-0.05, 0) is 25.8 Å². The van der Waals surface area contributed by atoms with Crippen molar-refractivity contribution in [2.24, 2.45) is 0 Å². The van der Waals surface area contributed by atoms with Gasteiger partial charge in [0, 0.05) is 25.6 Å². The monoisotopic (exact) mass is 198 g/mol. The molecule has 3 heteroatoms. The molecule has 1 saturated heterocycles. The molecule has 1 atom stereocenters. The number of likely N-dealkylation sites (tertiary alicyclic amines) is 1. The van der Waals surface area contributed by atoms with E-state index in [1.165, 1.54) is 13.0 Å². The highest BCUT2D eigenvalue weighted by molar-refractivity contribution is 5.76. The summed E-state index contributed by atoms with van der Waals surface area (Å²) in [6.45, 7) is 7.59. The predicted octanol–water partition coefficient (Wildman–Crippen LogP) is 1.39. The molecule has 3 nitrogen and oxygen atoms in total. The van der Waals surface area contributed by atoms with Crippen molar-refractivity contribution in [1.29, 1.82) is 0 Å². The van der Waals surface area contributed by atoms with E-state index in [1.807, 2.05) is 6.92 Å². The molecule has 0 radical (unpaired) electrons. The quantitative estimate of drug-likeness (QED) is 0.724. The second-order valence-corrected chi connectivity index (χ2v) is 4.10. The number of nitrogens with zero attached hydrogens (tertiary/aromatic N) is 1. The molecule has 1 rings (SSSR count). The Bertz CT molecular complexity index is 182. The van der Waals surface area contributed by atoms with Crippen molar-refractivity contribution in [3.63, 3.8) is 0 Å². The Morgan fingerprint density at radius 1 is 1.43 bits per heavy atom. The van der Waals surface area contributed by atoms with Gasteiger partial charge in [-0.2, -0.15) is 0 Å². The summed E-state index contributed by atoms with van der Waals surface area (Å²) in [5.41, 5.74) is 0. The van der Waals surface area contributed by atoms with Gasteiger partial charge in [-0.25, -0.2) is 0 Å². The van der Waals surface area contributed by atoms with Crippen molar-refractivity contribution >= 4 is 5.91 Å². The first kappa shape index (κ1) is 11.5. The van der Waals surface area contributed by atoms with Gasteiger partial charge >= 0.3 is 0 Å². The number of amides is 1. The van der Waals surface area contributed by atoms with Crippen LogP contribution >= 0.6 is 0 Å². The number of carbonyl (C=O) groups excluding carboxylic acids is 1. The van der Waals surface area contributed by atoms with Crippen LogP contribution in [0, 0.1) is 0 Å². The molecule has 0 aromatic heterocycles. The lowest BCUT2D eigenvalue weighted by Gasteiger charge is -2.15. The van der Waals surface area contributed by atoms with Gasteiger partial charge < -0.3 is 10.2 Å². The zero-order chi connectivity index (χ0) is 10.4. The number of nitrogens with one attached hydrogen (secondary N) is 1. The van der Waals surface area contributed by atoms with E-state index in [-0.39, 0.29) is 5.91 Å². The van der Waals surface area contributed by atoms with E-state index in [4.69, 9.17) is 0 Å². The minimum Gasteiger partial charge on any atom is -0.352 e. The second kappa shape index (κ2) is 6.02. The van der Waals surface area contributed by atoms with Crippen LogP contribution < -0.4 is 5.32 Å². The molecular formula is C11H22N2O. The van der Waals surface area contributed by atoms with Gasteiger partial charge in [0.2, 0.25) is 5.91 Å².